The normalized spacial score (nSPS) is 11.7. The SMILES string of the molecule is CNC(=O)[C@@H](C)N(Cc1ccccc1F)C(=O)Cc1ccc(F)cc1. The lowest BCUT2D eigenvalue weighted by atomic mass is 10.1. The number of amides is 2. The first kappa shape index (κ1) is 18.6. The zero-order valence-electron chi connectivity index (χ0n) is 14.1. The summed E-state index contributed by atoms with van der Waals surface area (Å²) in [5, 5.41) is 2.50. The number of likely N-dealkylation sites (N-methyl/N-ethyl adjacent to an activating group) is 1. The predicted molar refractivity (Wildman–Crippen MR) is 90.6 cm³/mol. The number of benzene rings is 2. The van der Waals surface area contributed by atoms with Crippen molar-refractivity contribution in [2.24, 2.45) is 0 Å². The first-order valence-electron chi connectivity index (χ1n) is 7.91. The molecule has 0 spiro atoms. The van der Waals surface area contributed by atoms with E-state index in [2.05, 4.69) is 5.32 Å². The fourth-order valence-electron chi connectivity index (χ4n) is 2.48. The van der Waals surface area contributed by atoms with Crippen LogP contribution in [0.15, 0.2) is 48.5 Å². The quantitative estimate of drug-likeness (QED) is 0.874. The largest absolute Gasteiger partial charge is 0.357 e. The molecule has 0 saturated carbocycles. The summed E-state index contributed by atoms with van der Waals surface area (Å²) in [5.74, 6) is -1.51. The van der Waals surface area contributed by atoms with Gasteiger partial charge in [-0.3, -0.25) is 9.59 Å². The molecule has 0 radical (unpaired) electrons. The van der Waals surface area contributed by atoms with Crippen molar-refractivity contribution in [1.82, 2.24) is 10.2 Å². The van der Waals surface area contributed by atoms with Gasteiger partial charge in [0.25, 0.3) is 0 Å². The van der Waals surface area contributed by atoms with E-state index in [1.54, 1.807) is 25.1 Å². The molecule has 6 heteroatoms. The predicted octanol–water partition coefficient (Wildman–Crippen LogP) is 2.67. The Morgan fingerprint density at radius 3 is 2.32 bits per heavy atom. The van der Waals surface area contributed by atoms with E-state index in [9.17, 15) is 18.4 Å². The molecule has 2 amide bonds. The van der Waals surface area contributed by atoms with Gasteiger partial charge in [-0.1, -0.05) is 30.3 Å². The van der Waals surface area contributed by atoms with Crippen LogP contribution in [-0.2, 0) is 22.6 Å². The number of halogens is 2. The Bertz CT molecular complexity index is 747. The second kappa shape index (κ2) is 8.37. The van der Waals surface area contributed by atoms with Crippen LogP contribution in [-0.4, -0.2) is 29.8 Å². The summed E-state index contributed by atoms with van der Waals surface area (Å²) in [4.78, 5) is 26.0. The van der Waals surface area contributed by atoms with Crippen LogP contribution in [0.25, 0.3) is 0 Å². The third-order valence-electron chi connectivity index (χ3n) is 3.98. The van der Waals surface area contributed by atoms with Gasteiger partial charge in [-0.05, 0) is 30.7 Å². The maximum atomic E-state index is 14.0. The minimum atomic E-state index is -0.766. The van der Waals surface area contributed by atoms with Gasteiger partial charge in [0.15, 0.2) is 0 Å². The molecule has 4 nitrogen and oxygen atoms in total. The molecule has 25 heavy (non-hydrogen) atoms. The summed E-state index contributed by atoms with van der Waals surface area (Å²) in [6.45, 7) is 1.56. The fourth-order valence-corrected chi connectivity index (χ4v) is 2.48. The number of rotatable bonds is 6. The monoisotopic (exact) mass is 346 g/mol. The molecule has 2 aromatic carbocycles. The Kier molecular flexibility index (Phi) is 6.22. The van der Waals surface area contributed by atoms with E-state index in [4.69, 9.17) is 0 Å². The summed E-state index contributed by atoms with van der Waals surface area (Å²) < 4.78 is 27.0. The maximum absolute atomic E-state index is 14.0. The molecule has 1 atom stereocenters. The lowest BCUT2D eigenvalue weighted by molar-refractivity contribution is -0.139. The van der Waals surface area contributed by atoms with Gasteiger partial charge in [-0.25, -0.2) is 8.78 Å². The molecule has 2 aromatic rings. The molecule has 1 N–H and O–H groups in total. The Balaban J connectivity index is 2.23. The van der Waals surface area contributed by atoms with Crippen molar-refractivity contribution in [3.05, 3.63) is 71.3 Å². The molecule has 0 fully saturated rings. The topological polar surface area (TPSA) is 49.4 Å². The van der Waals surface area contributed by atoms with Gasteiger partial charge in [0.1, 0.15) is 17.7 Å². The van der Waals surface area contributed by atoms with Crippen LogP contribution in [0.5, 0.6) is 0 Å². The highest BCUT2D eigenvalue weighted by atomic mass is 19.1. The smallest absolute Gasteiger partial charge is 0.242 e. The number of carbonyl (C=O) groups is 2. The zero-order valence-corrected chi connectivity index (χ0v) is 14.1. The van der Waals surface area contributed by atoms with Crippen molar-refractivity contribution in [2.75, 3.05) is 7.05 Å². The van der Waals surface area contributed by atoms with Crippen LogP contribution in [0, 0.1) is 11.6 Å². The molecule has 0 unspecified atom stereocenters. The highest BCUT2D eigenvalue weighted by Gasteiger charge is 2.26. The highest BCUT2D eigenvalue weighted by Crippen LogP contribution is 2.15. The van der Waals surface area contributed by atoms with Gasteiger partial charge in [-0.2, -0.15) is 0 Å². The van der Waals surface area contributed by atoms with Gasteiger partial charge >= 0.3 is 0 Å². The van der Waals surface area contributed by atoms with Gasteiger partial charge in [0.05, 0.1) is 6.42 Å². The van der Waals surface area contributed by atoms with Crippen LogP contribution >= 0.6 is 0 Å². The van der Waals surface area contributed by atoms with E-state index in [-0.39, 0.29) is 24.8 Å². The molecule has 2 rings (SSSR count). The van der Waals surface area contributed by atoms with Crippen LogP contribution in [0.3, 0.4) is 0 Å². The Morgan fingerprint density at radius 2 is 1.72 bits per heavy atom. The van der Waals surface area contributed by atoms with Crippen molar-refractivity contribution in [3.63, 3.8) is 0 Å². The first-order chi connectivity index (χ1) is 11.9. The molecule has 0 aliphatic heterocycles. The minimum absolute atomic E-state index is 0.00390. The second-order valence-electron chi connectivity index (χ2n) is 5.71. The molecule has 0 aromatic heterocycles. The van der Waals surface area contributed by atoms with E-state index >= 15 is 0 Å². The molecule has 0 heterocycles. The van der Waals surface area contributed by atoms with Crippen LogP contribution < -0.4 is 5.32 Å². The van der Waals surface area contributed by atoms with Crippen molar-refractivity contribution >= 4 is 11.8 Å². The van der Waals surface area contributed by atoms with Crippen molar-refractivity contribution < 1.29 is 18.4 Å². The average molecular weight is 346 g/mol. The number of nitrogens with zero attached hydrogens (tertiary/aromatic N) is 1. The Morgan fingerprint density at radius 1 is 1.08 bits per heavy atom. The van der Waals surface area contributed by atoms with Crippen molar-refractivity contribution in [1.29, 1.82) is 0 Å². The van der Waals surface area contributed by atoms with Crippen molar-refractivity contribution in [2.45, 2.75) is 25.9 Å². The van der Waals surface area contributed by atoms with Crippen LogP contribution in [0.4, 0.5) is 8.78 Å². The first-order valence-corrected chi connectivity index (χ1v) is 7.91. The third kappa shape index (κ3) is 4.86. The number of hydrogen-bond acceptors (Lipinski definition) is 2. The van der Waals surface area contributed by atoms with E-state index in [1.165, 1.54) is 42.3 Å². The van der Waals surface area contributed by atoms with Gasteiger partial charge in [0.2, 0.25) is 11.8 Å². The lowest BCUT2D eigenvalue weighted by Crippen LogP contribution is -2.47. The lowest BCUT2D eigenvalue weighted by Gasteiger charge is -2.28. The van der Waals surface area contributed by atoms with Gasteiger partial charge in [-0.15, -0.1) is 0 Å². The van der Waals surface area contributed by atoms with E-state index in [0.717, 1.165) is 0 Å². The fraction of sp³-hybridized carbons (Fsp3) is 0.263. The molecule has 0 aliphatic rings. The third-order valence-corrected chi connectivity index (χ3v) is 3.98. The number of nitrogens with one attached hydrogen (secondary N) is 1. The summed E-state index contributed by atoms with van der Waals surface area (Å²) in [6.07, 6.45) is -0.00390. The summed E-state index contributed by atoms with van der Waals surface area (Å²) >= 11 is 0. The molecular weight excluding hydrogens is 326 g/mol. The van der Waals surface area contributed by atoms with E-state index in [0.29, 0.717) is 11.1 Å². The standard InChI is InChI=1S/C19H20F2N2O2/c1-13(19(25)22-2)23(12-15-5-3-4-6-17(15)21)18(24)11-14-7-9-16(20)10-8-14/h3-10,13H,11-12H2,1-2H3,(H,22,25)/t13-/m1/s1. The molecule has 132 valence electrons. The minimum Gasteiger partial charge on any atom is -0.357 e. The highest BCUT2D eigenvalue weighted by molar-refractivity contribution is 5.88. The molecule has 0 aliphatic carbocycles. The molecule has 0 saturated heterocycles. The van der Waals surface area contributed by atoms with Crippen molar-refractivity contribution in [3.8, 4) is 0 Å². The molecular formula is C19H20F2N2O2. The van der Waals surface area contributed by atoms with E-state index in [1.807, 2.05) is 0 Å². The Hall–Kier alpha value is -2.76. The number of hydrogen-bond donors (Lipinski definition) is 1. The van der Waals surface area contributed by atoms with Crippen LogP contribution in [0.1, 0.15) is 18.1 Å². The van der Waals surface area contributed by atoms with Gasteiger partial charge < -0.3 is 10.2 Å². The average Bonchev–Trinajstić information content (AvgIpc) is 2.61. The second-order valence-corrected chi connectivity index (χ2v) is 5.71. The summed E-state index contributed by atoms with van der Waals surface area (Å²) in [6, 6.07) is 10.9. The zero-order chi connectivity index (χ0) is 18.4. The number of carbonyl (C=O) groups excluding carboxylic acids is 2. The van der Waals surface area contributed by atoms with Crippen LogP contribution in [0.2, 0.25) is 0 Å². The molecule has 0 bridgehead atoms. The summed E-state index contributed by atoms with van der Waals surface area (Å²) in [5.41, 5.74) is 0.944. The summed E-state index contributed by atoms with van der Waals surface area (Å²) in [7, 11) is 1.48. The Labute approximate surface area is 145 Å². The van der Waals surface area contributed by atoms with E-state index < -0.39 is 17.7 Å². The van der Waals surface area contributed by atoms with Gasteiger partial charge in [0, 0.05) is 19.2 Å². The maximum Gasteiger partial charge on any atom is 0.242 e.